The molecule has 0 fully saturated rings. The summed E-state index contributed by atoms with van der Waals surface area (Å²) in [7, 11) is 0. The van der Waals surface area contributed by atoms with Crippen molar-refractivity contribution < 1.29 is 9.59 Å². The molecule has 128 valence electrons. The topological polar surface area (TPSA) is 74.0 Å². The van der Waals surface area contributed by atoms with Crippen molar-refractivity contribution in [3.63, 3.8) is 0 Å². The fourth-order valence-corrected chi connectivity index (χ4v) is 4.43. The maximum absolute atomic E-state index is 12.3. The number of rotatable bonds is 3. The van der Waals surface area contributed by atoms with Gasteiger partial charge in [0.05, 0.1) is 11.3 Å². The number of para-hydroxylation sites is 1. The molecule has 0 saturated heterocycles. The Morgan fingerprint density at radius 2 is 1.96 bits per heavy atom. The molecule has 1 aliphatic rings. The molecule has 2 amide bonds. The Balaban J connectivity index is 1.37. The van der Waals surface area contributed by atoms with Crippen molar-refractivity contribution >= 4 is 34.1 Å². The maximum Gasteiger partial charge on any atom is 0.279 e. The number of carbonyl (C=O) groups excluding carboxylic acids is 2. The first-order valence-corrected chi connectivity index (χ1v) is 9.28. The monoisotopic (exact) mass is 353 g/mol. The molecule has 0 unspecified atom stereocenters. The van der Waals surface area contributed by atoms with Gasteiger partial charge in [0.25, 0.3) is 5.91 Å². The third kappa shape index (κ3) is 3.30. The molecule has 5 nitrogen and oxygen atoms in total. The van der Waals surface area contributed by atoms with Gasteiger partial charge in [0, 0.05) is 22.0 Å². The lowest BCUT2D eigenvalue weighted by Crippen LogP contribution is -2.42. The van der Waals surface area contributed by atoms with Crippen molar-refractivity contribution in [1.82, 2.24) is 15.8 Å². The van der Waals surface area contributed by atoms with Crippen LogP contribution in [0.2, 0.25) is 0 Å². The molecule has 0 spiro atoms. The molecule has 0 radical (unpaired) electrons. The molecule has 3 aromatic rings. The van der Waals surface area contributed by atoms with Crippen LogP contribution in [-0.2, 0) is 24.1 Å². The SMILES string of the molecule is O=C(Cc1c[nH]c2ccccc12)NNC(=O)c1cc2c(s1)CCCC2. The van der Waals surface area contributed by atoms with E-state index in [2.05, 4.69) is 15.8 Å². The van der Waals surface area contributed by atoms with Crippen LogP contribution in [0.4, 0.5) is 0 Å². The van der Waals surface area contributed by atoms with E-state index in [4.69, 9.17) is 0 Å². The first kappa shape index (κ1) is 15.9. The number of aromatic amines is 1. The van der Waals surface area contributed by atoms with Gasteiger partial charge in [-0.05, 0) is 48.9 Å². The third-order valence-electron chi connectivity index (χ3n) is 4.56. The summed E-state index contributed by atoms with van der Waals surface area (Å²) in [5.74, 6) is -0.480. The van der Waals surface area contributed by atoms with Crippen molar-refractivity contribution in [3.05, 3.63) is 57.4 Å². The van der Waals surface area contributed by atoms with Gasteiger partial charge in [-0.15, -0.1) is 11.3 Å². The van der Waals surface area contributed by atoms with Gasteiger partial charge in [-0.1, -0.05) is 18.2 Å². The highest BCUT2D eigenvalue weighted by atomic mass is 32.1. The van der Waals surface area contributed by atoms with Crippen LogP contribution >= 0.6 is 11.3 Å². The maximum atomic E-state index is 12.3. The summed E-state index contributed by atoms with van der Waals surface area (Å²) < 4.78 is 0. The van der Waals surface area contributed by atoms with Gasteiger partial charge in [0.1, 0.15) is 0 Å². The molecule has 2 heterocycles. The number of aromatic nitrogens is 1. The number of aryl methyl sites for hydroxylation is 2. The molecule has 0 aliphatic heterocycles. The molecule has 4 rings (SSSR count). The van der Waals surface area contributed by atoms with Gasteiger partial charge in [-0.3, -0.25) is 20.4 Å². The standard InChI is InChI=1S/C19H19N3O2S/c23-18(10-13-11-20-15-7-3-2-6-14(13)15)21-22-19(24)17-9-12-5-1-4-8-16(12)25-17/h2-3,6-7,9,11,20H,1,4-5,8,10H2,(H,21,23)(H,22,24). The van der Waals surface area contributed by atoms with Gasteiger partial charge in [-0.2, -0.15) is 0 Å². The van der Waals surface area contributed by atoms with Crippen LogP contribution in [0.15, 0.2) is 36.5 Å². The number of amides is 2. The Kier molecular flexibility index (Phi) is 4.28. The molecule has 1 aromatic carbocycles. The van der Waals surface area contributed by atoms with Crippen LogP contribution in [-0.4, -0.2) is 16.8 Å². The Morgan fingerprint density at radius 3 is 2.84 bits per heavy atom. The van der Waals surface area contributed by atoms with Crippen LogP contribution in [0, 0.1) is 0 Å². The number of hydrazine groups is 1. The van der Waals surface area contributed by atoms with Crippen LogP contribution < -0.4 is 10.9 Å². The zero-order valence-electron chi connectivity index (χ0n) is 13.7. The predicted octanol–water partition coefficient (Wildman–Crippen LogP) is 3.11. The second kappa shape index (κ2) is 6.72. The largest absolute Gasteiger partial charge is 0.361 e. The van der Waals surface area contributed by atoms with E-state index in [1.807, 2.05) is 36.5 Å². The van der Waals surface area contributed by atoms with Crippen molar-refractivity contribution in [2.75, 3.05) is 0 Å². The summed E-state index contributed by atoms with van der Waals surface area (Å²) >= 11 is 1.53. The summed E-state index contributed by atoms with van der Waals surface area (Å²) in [6.07, 6.45) is 6.53. The Hall–Kier alpha value is -2.60. The van der Waals surface area contributed by atoms with Crippen LogP contribution in [0.1, 0.15) is 38.5 Å². The minimum Gasteiger partial charge on any atom is -0.361 e. The van der Waals surface area contributed by atoms with Gasteiger partial charge < -0.3 is 4.98 Å². The second-order valence-electron chi connectivity index (χ2n) is 6.30. The van der Waals surface area contributed by atoms with Gasteiger partial charge in [0.15, 0.2) is 0 Å². The average molecular weight is 353 g/mol. The number of H-pyrrole nitrogens is 1. The Labute approximate surface area is 149 Å². The number of fused-ring (bicyclic) bond motifs is 2. The van der Waals surface area contributed by atoms with E-state index in [1.165, 1.54) is 34.6 Å². The van der Waals surface area contributed by atoms with E-state index in [1.54, 1.807) is 0 Å². The number of hydrogen-bond donors (Lipinski definition) is 3. The third-order valence-corrected chi connectivity index (χ3v) is 5.80. The fraction of sp³-hybridized carbons (Fsp3) is 0.263. The smallest absolute Gasteiger partial charge is 0.279 e. The number of thiophene rings is 1. The molecule has 1 aliphatic carbocycles. The highest BCUT2D eigenvalue weighted by Crippen LogP contribution is 2.29. The van der Waals surface area contributed by atoms with Crippen molar-refractivity contribution in [1.29, 1.82) is 0 Å². The van der Waals surface area contributed by atoms with Crippen molar-refractivity contribution in [3.8, 4) is 0 Å². The molecule has 3 N–H and O–H groups in total. The fourth-order valence-electron chi connectivity index (χ4n) is 3.29. The summed E-state index contributed by atoms with van der Waals surface area (Å²) in [5.41, 5.74) is 8.24. The van der Waals surface area contributed by atoms with Crippen LogP contribution in [0.25, 0.3) is 10.9 Å². The lowest BCUT2D eigenvalue weighted by atomic mass is 9.99. The van der Waals surface area contributed by atoms with Gasteiger partial charge in [0.2, 0.25) is 5.91 Å². The zero-order valence-corrected chi connectivity index (χ0v) is 14.5. The highest BCUT2D eigenvalue weighted by Gasteiger charge is 2.17. The van der Waals surface area contributed by atoms with E-state index >= 15 is 0 Å². The molecular weight excluding hydrogens is 334 g/mol. The number of hydrogen-bond acceptors (Lipinski definition) is 3. The summed E-state index contributed by atoms with van der Waals surface area (Å²) in [6.45, 7) is 0. The zero-order chi connectivity index (χ0) is 17.2. The molecule has 6 heteroatoms. The first-order chi connectivity index (χ1) is 12.2. The molecule has 0 bridgehead atoms. The van der Waals surface area contributed by atoms with Crippen LogP contribution in [0.3, 0.4) is 0 Å². The van der Waals surface area contributed by atoms with Gasteiger partial charge >= 0.3 is 0 Å². The van der Waals surface area contributed by atoms with E-state index in [-0.39, 0.29) is 18.2 Å². The van der Waals surface area contributed by atoms with E-state index in [0.717, 1.165) is 29.3 Å². The Morgan fingerprint density at radius 1 is 1.12 bits per heavy atom. The minimum atomic E-state index is -0.244. The summed E-state index contributed by atoms with van der Waals surface area (Å²) in [6, 6.07) is 9.79. The van der Waals surface area contributed by atoms with Crippen LogP contribution in [0.5, 0.6) is 0 Å². The summed E-state index contributed by atoms with van der Waals surface area (Å²) in [4.78, 5) is 29.5. The normalized spacial score (nSPS) is 13.4. The molecule has 0 saturated carbocycles. The molecule has 25 heavy (non-hydrogen) atoms. The van der Waals surface area contributed by atoms with Crippen molar-refractivity contribution in [2.45, 2.75) is 32.1 Å². The van der Waals surface area contributed by atoms with E-state index < -0.39 is 0 Å². The molecule has 0 atom stereocenters. The molecule has 2 aromatic heterocycles. The lowest BCUT2D eigenvalue weighted by molar-refractivity contribution is -0.121. The van der Waals surface area contributed by atoms with Gasteiger partial charge in [-0.25, -0.2) is 0 Å². The number of benzene rings is 1. The average Bonchev–Trinajstić information content (AvgIpc) is 3.24. The van der Waals surface area contributed by atoms with E-state index in [9.17, 15) is 9.59 Å². The lowest BCUT2D eigenvalue weighted by Gasteiger charge is -2.08. The second-order valence-corrected chi connectivity index (χ2v) is 7.44. The first-order valence-electron chi connectivity index (χ1n) is 8.46. The van der Waals surface area contributed by atoms with E-state index in [0.29, 0.717) is 4.88 Å². The number of nitrogens with one attached hydrogen (secondary N) is 3. The van der Waals surface area contributed by atoms with Crippen molar-refractivity contribution in [2.24, 2.45) is 0 Å². The quantitative estimate of drug-likeness (QED) is 0.633. The summed E-state index contributed by atoms with van der Waals surface area (Å²) in [5, 5.41) is 1.02. The highest BCUT2D eigenvalue weighted by molar-refractivity contribution is 7.14. The minimum absolute atomic E-state index is 0.214. The predicted molar refractivity (Wildman–Crippen MR) is 98.6 cm³/mol. The molecular formula is C19H19N3O2S. The number of carbonyl (C=O) groups is 2. The Bertz CT molecular complexity index is 918.